The smallest absolute Gasteiger partial charge is 0.407 e. The SMILES string of the molecule is COC(=O)NC(C(=O)Nc1cncc(F)c1CC[C@H]1CNC[C@@H](C)N1S(=O)(=O)c1ccccc1)C(c1ccc(Cl)cc1)C1CCOCC1. The molecule has 2 fully saturated rings. The maximum absolute atomic E-state index is 15.5. The van der Waals surface area contributed by atoms with Crippen molar-refractivity contribution in [1.29, 1.82) is 0 Å². The van der Waals surface area contributed by atoms with Gasteiger partial charge in [0.25, 0.3) is 0 Å². The average Bonchev–Trinajstić information content (AvgIpc) is 3.09. The number of methoxy groups -OCH3 is 1. The lowest BCUT2D eigenvalue weighted by molar-refractivity contribution is -0.119. The molecule has 48 heavy (non-hydrogen) atoms. The van der Waals surface area contributed by atoms with E-state index >= 15 is 4.39 Å². The number of ether oxygens (including phenoxy) is 2. The third kappa shape index (κ3) is 8.32. The predicted octanol–water partition coefficient (Wildman–Crippen LogP) is 4.73. The van der Waals surface area contributed by atoms with Crippen LogP contribution in [0.2, 0.25) is 5.02 Å². The summed E-state index contributed by atoms with van der Waals surface area (Å²) in [5, 5.41) is 9.36. The number of carbonyl (C=O) groups excluding carboxylic acids is 2. The topological polar surface area (TPSA) is 139 Å². The zero-order valence-corrected chi connectivity index (χ0v) is 28.5. The van der Waals surface area contributed by atoms with Gasteiger partial charge in [0.1, 0.15) is 11.9 Å². The first-order valence-corrected chi connectivity index (χ1v) is 17.8. The van der Waals surface area contributed by atoms with Crippen LogP contribution in [0.1, 0.15) is 43.2 Å². The molecule has 3 N–H and O–H groups in total. The Kier molecular flexibility index (Phi) is 12.0. The third-order valence-corrected chi connectivity index (χ3v) is 11.4. The number of anilines is 1. The van der Waals surface area contributed by atoms with Gasteiger partial charge in [0.2, 0.25) is 15.9 Å². The number of piperazine rings is 1. The molecule has 0 bridgehead atoms. The van der Waals surface area contributed by atoms with Crippen LogP contribution in [0.25, 0.3) is 0 Å². The first kappa shape index (κ1) is 35.7. The molecule has 11 nitrogen and oxygen atoms in total. The van der Waals surface area contributed by atoms with Gasteiger partial charge in [-0.05, 0) is 68.4 Å². The molecule has 2 saturated heterocycles. The van der Waals surface area contributed by atoms with Crippen LogP contribution in [0, 0.1) is 11.7 Å². The number of hydrogen-bond donors (Lipinski definition) is 3. The Morgan fingerprint density at radius 1 is 1.10 bits per heavy atom. The number of nitrogens with one attached hydrogen (secondary N) is 3. The lowest BCUT2D eigenvalue weighted by Gasteiger charge is -2.40. The lowest BCUT2D eigenvalue weighted by Crippen LogP contribution is -2.58. The van der Waals surface area contributed by atoms with E-state index in [9.17, 15) is 18.0 Å². The number of aromatic nitrogens is 1. The number of nitrogens with zero attached hydrogens (tertiary/aromatic N) is 2. The van der Waals surface area contributed by atoms with E-state index in [4.69, 9.17) is 21.1 Å². The summed E-state index contributed by atoms with van der Waals surface area (Å²) < 4.78 is 54.9. The van der Waals surface area contributed by atoms with Crippen molar-refractivity contribution in [1.82, 2.24) is 19.9 Å². The minimum atomic E-state index is -3.83. The molecule has 2 aromatic carbocycles. The second kappa shape index (κ2) is 16.2. The van der Waals surface area contributed by atoms with Crippen LogP contribution in [0.4, 0.5) is 14.9 Å². The molecule has 2 amide bonds. The van der Waals surface area contributed by atoms with Crippen LogP contribution < -0.4 is 16.0 Å². The predicted molar refractivity (Wildman–Crippen MR) is 180 cm³/mol. The van der Waals surface area contributed by atoms with Crippen molar-refractivity contribution in [3.05, 3.63) is 89.0 Å². The van der Waals surface area contributed by atoms with Gasteiger partial charge in [-0.2, -0.15) is 4.31 Å². The number of amides is 2. The molecule has 3 heterocycles. The van der Waals surface area contributed by atoms with E-state index in [1.165, 1.54) is 17.6 Å². The van der Waals surface area contributed by atoms with Crippen LogP contribution >= 0.6 is 11.6 Å². The van der Waals surface area contributed by atoms with Crippen molar-refractivity contribution in [2.75, 3.05) is 38.7 Å². The summed E-state index contributed by atoms with van der Waals surface area (Å²) in [6.07, 6.45) is 3.32. The number of benzene rings is 2. The fourth-order valence-electron chi connectivity index (χ4n) is 6.72. The summed E-state index contributed by atoms with van der Waals surface area (Å²) in [7, 11) is -2.62. The van der Waals surface area contributed by atoms with E-state index < -0.39 is 45.8 Å². The molecule has 0 radical (unpaired) electrons. The van der Waals surface area contributed by atoms with Crippen LogP contribution in [0.3, 0.4) is 0 Å². The molecule has 2 aliphatic rings. The van der Waals surface area contributed by atoms with Gasteiger partial charge in [-0.3, -0.25) is 9.78 Å². The van der Waals surface area contributed by atoms with Gasteiger partial charge in [-0.1, -0.05) is 41.9 Å². The first-order chi connectivity index (χ1) is 23.1. The fourth-order valence-corrected chi connectivity index (χ4v) is 8.71. The van der Waals surface area contributed by atoms with Crippen molar-refractivity contribution in [2.24, 2.45) is 5.92 Å². The van der Waals surface area contributed by atoms with Gasteiger partial charge in [0.05, 0.1) is 30.1 Å². The molecule has 2 unspecified atom stereocenters. The van der Waals surface area contributed by atoms with Crippen LogP contribution in [-0.2, 0) is 30.7 Å². The normalized spacial score (nSPS) is 20.4. The maximum Gasteiger partial charge on any atom is 0.407 e. The van der Waals surface area contributed by atoms with Crippen LogP contribution in [-0.4, -0.2) is 81.2 Å². The number of sulfonamides is 1. The Bertz CT molecular complexity index is 1660. The maximum atomic E-state index is 15.5. The van der Waals surface area contributed by atoms with E-state index in [0.29, 0.717) is 44.2 Å². The lowest BCUT2D eigenvalue weighted by atomic mass is 9.76. The minimum Gasteiger partial charge on any atom is -0.453 e. The Hall–Kier alpha value is -3.62. The molecular weight excluding hydrogens is 661 g/mol. The minimum absolute atomic E-state index is 0.0312. The zero-order valence-electron chi connectivity index (χ0n) is 26.9. The van der Waals surface area contributed by atoms with Crippen molar-refractivity contribution in [3.63, 3.8) is 0 Å². The van der Waals surface area contributed by atoms with Gasteiger partial charge in [-0.15, -0.1) is 0 Å². The summed E-state index contributed by atoms with van der Waals surface area (Å²) in [5.74, 6) is -1.74. The molecular formula is C34H41ClFN5O6S. The zero-order chi connectivity index (χ0) is 34.3. The fraction of sp³-hybridized carbons (Fsp3) is 0.441. The monoisotopic (exact) mass is 701 g/mol. The molecule has 1 aromatic heterocycles. The second-order valence-corrected chi connectivity index (χ2v) is 14.4. The largest absolute Gasteiger partial charge is 0.453 e. The molecule has 2 aliphatic heterocycles. The van der Waals surface area contributed by atoms with E-state index in [0.717, 1.165) is 11.8 Å². The quantitative estimate of drug-likeness (QED) is 0.261. The highest BCUT2D eigenvalue weighted by atomic mass is 35.5. The highest BCUT2D eigenvalue weighted by Crippen LogP contribution is 2.36. The Morgan fingerprint density at radius 3 is 2.50 bits per heavy atom. The van der Waals surface area contributed by atoms with Crippen LogP contribution in [0.15, 0.2) is 71.9 Å². The van der Waals surface area contributed by atoms with E-state index in [2.05, 4.69) is 20.9 Å². The number of hydrogen-bond acceptors (Lipinski definition) is 8. The highest BCUT2D eigenvalue weighted by molar-refractivity contribution is 7.89. The van der Waals surface area contributed by atoms with Crippen molar-refractivity contribution in [3.8, 4) is 0 Å². The molecule has 14 heteroatoms. The summed E-state index contributed by atoms with van der Waals surface area (Å²) in [5.41, 5.74) is 1.10. The summed E-state index contributed by atoms with van der Waals surface area (Å²) >= 11 is 6.18. The van der Waals surface area contributed by atoms with E-state index in [1.54, 1.807) is 42.5 Å². The molecule has 4 atom stereocenters. The van der Waals surface area contributed by atoms with E-state index in [-0.39, 0.29) is 40.9 Å². The van der Waals surface area contributed by atoms with Crippen molar-refractivity contribution >= 4 is 39.3 Å². The Morgan fingerprint density at radius 2 is 1.81 bits per heavy atom. The number of alkyl carbamates (subject to hydrolysis) is 1. The van der Waals surface area contributed by atoms with Gasteiger partial charge in [0.15, 0.2) is 0 Å². The number of halogens is 2. The molecule has 5 rings (SSSR count). The van der Waals surface area contributed by atoms with Crippen molar-refractivity contribution in [2.45, 2.75) is 61.5 Å². The number of carbonyl (C=O) groups is 2. The van der Waals surface area contributed by atoms with Crippen molar-refractivity contribution < 1.29 is 31.9 Å². The molecule has 3 aromatic rings. The molecule has 0 saturated carbocycles. The summed E-state index contributed by atoms with van der Waals surface area (Å²) in [6.45, 7) is 3.70. The Balaban J connectivity index is 1.42. The van der Waals surface area contributed by atoms with Gasteiger partial charge in [-0.25, -0.2) is 17.6 Å². The molecule has 0 aliphatic carbocycles. The number of rotatable bonds is 11. The molecule has 0 spiro atoms. The standard InChI is InChI=1S/C34H41ClFN5O6S/c1-22-18-37-19-26(41(22)48(44,45)27-6-4-3-5-7-27)12-13-28-29(36)20-38-21-30(28)39-33(42)32(40-34(43)46-2)31(24-14-16-47-17-15-24)23-8-10-25(35)11-9-23/h3-11,20-22,24,26,31-32,37H,12-19H2,1-2H3,(H,39,42)(H,40,43)/t22-,26+,31?,32?/m1/s1. The summed E-state index contributed by atoms with van der Waals surface area (Å²) in [6, 6.07) is 13.4. The van der Waals surface area contributed by atoms with Crippen LogP contribution in [0.5, 0.6) is 0 Å². The summed E-state index contributed by atoms with van der Waals surface area (Å²) in [4.78, 5) is 30.9. The van der Waals surface area contributed by atoms with Gasteiger partial charge >= 0.3 is 6.09 Å². The highest BCUT2D eigenvalue weighted by Gasteiger charge is 2.40. The third-order valence-electron chi connectivity index (χ3n) is 9.05. The molecule has 258 valence electrons. The first-order valence-electron chi connectivity index (χ1n) is 16.0. The number of pyridine rings is 1. The van der Waals surface area contributed by atoms with Gasteiger partial charge < -0.3 is 25.4 Å². The van der Waals surface area contributed by atoms with E-state index in [1.807, 2.05) is 19.1 Å². The van der Waals surface area contributed by atoms with Gasteiger partial charge in [0, 0.05) is 54.9 Å². The average molecular weight is 702 g/mol. The second-order valence-electron chi connectivity index (χ2n) is 12.1. The Labute approximate surface area is 285 Å².